The van der Waals surface area contributed by atoms with Crippen molar-refractivity contribution in [2.24, 2.45) is 7.05 Å². The van der Waals surface area contributed by atoms with Crippen molar-refractivity contribution in [3.63, 3.8) is 0 Å². The monoisotopic (exact) mass is 290 g/mol. The smallest absolute Gasteiger partial charge is 0.257 e. The molecule has 0 bridgehead atoms. The quantitative estimate of drug-likeness (QED) is 0.812. The summed E-state index contributed by atoms with van der Waals surface area (Å²) in [5.74, 6) is 0.791. The number of aryl methyl sites for hydroxylation is 1. The van der Waals surface area contributed by atoms with Gasteiger partial charge in [0.1, 0.15) is 11.0 Å². The molecule has 0 aromatic carbocycles. The summed E-state index contributed by atoms with van der Waals surface area (Å²) in [5.41, 5.74) is 0.454. The van der Waals surface area contributed by atoms with E-state index >= 15 is 0 Å². The highest BCUT2D eigenvalue weighted by Crippen LogP contribution is 2.30. The van der Waals surface area contributed by atoms with Crippen molar-refractivity contribution in [1.29, 1.82) is 0 Å². The predicted molar refractivity (Wildman–Crippen MR) is 75.4 cm³/mol. The summed E-state index contributed by atoms with van der Waals surface area (Å²) in [5, 5.41) is 0.253. The molecule has 0 spiro atoms. The van der Waals surface area contributed by atoms with Crippen molar-refractivity contribution in [1.82, 2.24) is 19.4 Å². The highest BCUT2D eigenvalue weighted by Gasteiger charge is 2.34. The molecule has 0 radical (unpaired) electrons. The molecular formula is C14H15ClN4O. The van der Waals surface area contributed by atoms with Gasteiger partial charge in [0.25, 0.3) is 5.91 Å². The number of pyridine rings is 1. The van der Waals surface area contributed by atoms with Crippen molar-refractivity contribution in [3.8, 4) is 0 Å². The summed E-state index contributed by atoms with van der Waals surface area (Å²) in [7, 11) is 1.93. The number of nitrogens with zero attached hydrogens (tertiary/aromatic N) is 4. The Labute approximate surface area is 122 Å². The fourth-order valence-electron chi connectivity index (χ4n) is 2.15. The van der Waals surface area contributed by atoms with E-state index in [1.807, 2.05) is 22.7 Å². The van der Waals surface area contributed by atoms with Crippen molar-refractivity contribution in [3.05, 3.63) is 47.3 Å². The highest BCUT2D eigenvalue weighted by molar-refractivity contribution is 6.32. The molecular weight excluding hydrogens is 276 g/mol. The van der Waals surface area contributed by atoms with Crippen LogP contribution in [0.3, 0.4) is 0 Å². The topological polar surface area (TPSA) is 51.0 Å². The molecule has 5 nitrogen and oxygen atoms in total. The minimum absolute atomic E-state index is 0.0754. The largest absolute Gasteiger partial charge is 0.337 e. The van der Waals surface area contributed by atoms with E-state index in [0.29, 0.717) is 12.1 Å². The first-order chi connectivity index (χ1) is 9.66. The van der Waals surface area contributed by atoms with Gasteiger partial charge in [-0.05, 0) is 25.0 Å². The normalized spacial score (nSPS) is 14.3. The average molecular weight is 291 g/mol. The molecule has 2 heterocycles. The maximum absolute atomic E-state index is 12.6. The van der Waals surface area contributed by atoms with E-state index in [4.69, 9.17) is 11.6 Å². The first-order valence-corrected chi connectivity index (χ1v) is 6.92. The lowest BCUT2D eigenvalue weighted by Gasteiger charge is -2.22. The molecule has 3 rings (SSSR count). The van der Waals surface area contributed by atoms with Crippen LogP contribution in [-0.2, 0) is 13.6 Å². The average Bonchev–Trinajstić information content (AvgIpc) is 3.20. The Balaban J connectivity index is 1.86. The lowest BCUT2D eigenvalue weighted by atomic mass is 10.2. The molecule has 104 valence electrons. The predicted octanol–water partition coefficient (Wildman–Crippen LogP) is 2.27. The van der Waals surface area contributed by atoms with Crippen molar-refractivity contribution < 1.29 is 4.79 Å². The van der Waals surface area contributed by atoms with Gasteiger partial charge in [-0.2, -0.15) is 0 Å². The van der Waals surface area contributed by atoms with Gasteiger partial charge in [-0.1, -0.05) is 11.6 Å². The van der Waals surface area contributed by atoms with Crippen LogP contribution in [0.5, 0.6) is 0 Å². The van der Waals surface area contributed by atoms with Crippen LogP contribution >= 0.6 is 11.6 Å². The van der Waals surface area contributed by atoms with Crippen molar-refractivity contribution in [2.45, 2.75) is 25.4 Å². The van der Waals surface area contributed by atoms with Gasteiger partial charge in [-0.3, -0.25) is 4.79 Å². The Bertz CT molecular complexity index is 636. The fourth-order valence-corrected chi connectivity index (χ4v) is 2.35. The first-order valence-electron chi connectivity index (χ1n) is 6.54. The number of imidazole rings is 1. The SMILES string of the molecule is Cn1ccnc1CN(C(=O)c1cccnc1Cl)C1CC1. The number of rotatable bonds is 4. The van der Waals surface area contributed by atoms with Crippen molar-refractivity contribution >= 4 is 17.5 Å². The molecule has 1 aliphatic rings. The molecule has 2 aromatic heterocycles. The maximum Gasteiger partial charge on any atom is 0.257 e. The molecule has 0 aliphatic heterocycles. The fraction of sp³-hybridized carbons (Fsp3) is 0.357. The summed E-state index contributed by atoms with van der Waals surface area (Å²) in [6.45, 7) is 0.498. The first kappa shape index (κ1) is 13.1. The molecule has 1 fully saturated rings. The lowest BCUT2D eigenvalue weighted by Crippen LogP contribution is -2.33. The van der Waals surface area contributed by atoms with Gasteiger partial charge in [0.05, 0.1) is 12.1 Å². The third kappa shape index (κ3) is 2.54. The Kier molecular flexibility index (Phi) is 3.44. The molecule has 0 atom stereocenters. The Morgan fingerprint density at radius 1 is 1.45 bits per heavy atom. The maximum atomic E-state index is 12.6. The second-order valence-electron chi connectivity index (χ2n) is 4.96. The van der Waals surface area contributed by atoms with Gasteiger partial charge in [0.15, 0.2) is 0 Å². The Morgan fingerprint density at radius 2 is 2.25 bits per heavy atom. The Morgan fingerprint density at radius 3 is 2.85 bits per heavy atom. The molecule has 2 aromatic rings. The van der Waals surface area contributed by atoms with E-state index < -0.39 is 0 Å². The molecule has 20 heavy (non-hydrogen) atoms. The van der Waals surface area contributed by atoms with Crippen molar-refractivity contribution in [2.75, 3.05) is 0 Å². The summed E-state index contributed by atoms with van der Waals surface area (Å²) >= 11 is 6.02. The minimum atomic E-state index is -0.0754. The highest BCUT2D eigenvalue weighted by atomic mass is 35.5. The molecule has 1 aliphatic carbocycles. The zero-order chi connectivity index (χ0) is 14.1. The molecule has 0 saturated heterocycles. The lowest BCUT2D eigenvalue weighted by molar-refractivity contribution is 0.0724. The van der Waals surface area contributed by atoms with Crippen LogP contribution in [0.15, 0.2) is 30.7 Å². The molecule has 1 amide bonds. The molecule has 1 saturated carbocycles. The number of hydrogen-bond donors (Lipinski definition) is 0. The molecule has 0 unspecified atom stereocenters. The number of halogens is 1. The number of amides is 1. The van der Waals surface area contributed by atoms with Crippen LogP contribution in [0.4, 0.5) is 0 Å². The minimum Gasteiger partial charge on any atom is -0.337 e. The van der Waals surface area contributed by atoms with Crippen LogP contribution in [0, 0.1) is 0 Å². The number of aromatic nitrogens is 3. The van der Waals surface area contributed by atoms with Crippen LogP contribution < -0.4 is 0 Å². The van der Waals surface area contributed by atoms with E-state index in [2.05, 4.69) is 9.97 Å². The van der Waals surface area contributed by atoms with E-state index in [0.717, 1.165) is 18.7 Å². The summed E-state index contributed by atoms with van der Waals surface area (Å²) < 4.78 is 1.92. The number of carbonyl (C=O) groups is 1. The van der Waals surface area contributed by atoms with E-state index in [1.54, 1.807) is 24.5 Å². The van der Waals surface area contributed by atoms with E-state index in [1.165, 1.54) is 0 Å². The summed E-state index contributed by atoms with van der Waals surface area (Å²) in [4.78, 5) is 22.7. The second kappa shape index (κ2) is 5.25. The van der Waals surface area contributed by atoms with Crippen LogP contribution in [-0.4, -0.2) is 31.4 Å². The van der Waals surface area contributed by atoms with Gasteiger partial charge in [0.2, 0.25) is 0 Å². The zero-order valence-electron chi connectivity index (χ0n) is 11.2. The molecule has 6 heteroatoms. The zero-order valence-corrected chi connectivity index (χ0v) is 11.9. The third-order valence-corrected chi connectivity index (χ3v) is 3.77. The Hall–Kier alpha value is -1.88. The second-order valence-corrected chi connectivity index (χ2v) is 5.32. The summed E-state index contributed by atoms with van der Waals surface area (Å²) in [6, 6.07) is 3.73. The third-order valence-electron chi connectivity index (χ3n) is 3.47. The van der Waals surface area contributed by atoms with Crippen LogP contribution in [0.2, 0.25) is 5.15 Å². The van der Waals surface area contributed by atoms with Gasteiger partial charge in [-0.15, -0.1) is 0 Å². The summed E-state index contributed by atoms with van der Waals surface area (Å²) in [6.07, 6.45) is 7.27. The van der Waals surface area contributed by atoms with Crippen LogP contribution in [0.1, 0.15) is 29.0 Å². The van der Waals surface area contributed by atoms with Gasteiger partial charge < -0.3 is 9.47 Å². The number of carbonyl (C=O) groups excluding carboxylic acids is 1. The van der Waals surface area contributed by atoms with Gasteiger partial charge in [-0.25, -0.2) is 9.97 Å². The van der Waals surface area contributed by atoms with E-state index in [-0.39, 0.29) is 17.1 Å². The number of hydrogen-bond acceptors (Lipinski definition) is 3. The molecule has 0 N–H and O–H groups in total. The van der Waals surface area contributed by atoms with Gasteiger partial charge in [0, 0.05) is 31.7 Å². The van der Waals surface area contributed by atoms with E-state index in [9.17, 15) is 4.79 Å². The van der Waals surface area contributed by atoms with Crippen LogP contribution in [0.25, 0.3) is 0 Å². The standard InChI is InChI=1S/C14H15ClN4O/c1-18-8-7-16-12(18)9-19(10-4-5-10)14(20)11-3-2-6-17-13(11)15/h2-3,6-8,10H,4-5,9H2,1H3. The van der Waals surface area contributed by atoms with Gasteiger partial charge >= 0.3 is 0 Å².